The van der Waals surface area contributed by atoms with E-state index in [1.54, 1.807) is 29.3 Å². The first kappa shape index (κ1) is 24.5. The molecule has 0 spiro atoms. The van der Waals surface area contributed by atoms with Gasteiger partial charge in [-0.3, -0.25) is 18.9 Å². The lowest BCUT2D eigenvalue weighted by atomic mass is 10.2. The van der Waals surface area contributed by atoms with Crippen LogP contribution in [0.15, 0.2) is 52.3 Å². The number of pyridine rings is 1. The van der Waals surface area contributed by atoms with Gasteiger partial charge in [-0.15, -0.1) is 0 Å². The average molecular weight is 524 g/mol. The number of carbonyl (C=O) groups excluding carboxylic acids is 1. The summed E-state index contributed by atoms with van der Waals surface area (Å²) >= 11 is 6.63. The molecule has 0 bridgehead atoms. The van der Waals surface area contributed by atoms with Crippen molar-refractivity contribution in [2.24, 2.45) is 0 Å². The summed E-state index contributed by atoms with van der Waals surface area (Å²) in [6.45, 7) is 6.71. The van der Waals surface area contributed by atoms with Gasteiger partial charge in [0, 0.05) is 38.9 Å². The summed E-state index contributed by atoms with van der Waals surface area (Å²) in [6.07, 6.45) is 4.12. The standard InChI is InChI=1S/C26H26FN5O2S2/c1-3-10-32-25(34)21(36-26(32)35)16-18-23(28-22-17(2)7-6-11-31(22)24(18)33)30-14-12-29(13-15-30)20-9-5-4-8-19(20)27/h4-9,11,16H,3,10,12-15H2,1-2H3/b21-16+. The maximum absolute atomic E-state index is 14.3. The Morgan fingerprint density at radius 2 is 1.81 bits per heavy atom. The predicted octanol–water partition coefficient (Wildman–Crippen LogP) is 4.08. The molecule has 10 heteroatoms. The van der Waals surface area contributed by atoms with Crippen LogP contribution in [0, 0.1) is 12.7 Å². The number of para-hydroxylation sites is 1. The number of thioether (sulfide) groups is 1. The average Bonchev–Trinajstić information content (AvgIpc) is 3.14. The van der Waals surface area contributed by atoms with E-state index in [0.29, 0.717) is 64.7 Å². The number of piperazine rings is 1. The first-order valence-electron chi connectivity index (χ1n) is 11.9. The number of halogens is 1. The maximum Gasteiger partial charge on any atom is 0.267 e. The largest absolute Gasteiger partial charge is 0.366 e. The molecule has 2 aromatic heterocycles. The fourth-order valence-corrected chi connectivity index (χ4v) is 5.87. The van der Waals surface area contributed by atoms with Crippen molar-refractivity contribution in [2.45, 2.75) is 20.3 Å². The third-order valence-electron chi connectivity index (χ3n) is 6.43. The SMILES string of the molecule is CCCN1C(=O)/C(=C\c2c(N3CCN(c4ccccc4F)CC3)nc3c(C)cccn3c2=O)SC1=S. The van der Waals surface area contributed by atoms with E-state index in [2.05, 4.69) is 0 Å². The number of hydrogen-bond donors (Lipinski definition) is 0. The fourth-order valence-electron chi connectivity index (χ4n) is 4.58. The topological polar surface area (TPSA) is 61.2 Å². The van der Waals surface area contributed by atoms with Gasteiger partial charge in [-0.05, 0) is 43.2 Å². The van der Waals surface area contributed by atoms with E-state index in [1.165, 1.54) is 22.2 Å². The van der Waals surface area contributed by atoms with Crippen molar-refractivity contribution in [3.8, 4) is 0 Å². The third kappa shape index (κ3) is 4.39. The minimum atomic E-state index is -0.251. The predicted molar refractivity (Wildman–Crippen MR) is 147 cm³/mol. The number of anilines is 2. The van der Waals surface area contributed by atoms with Gasteiger partial charge in [0.15, 0.2) is 0 Å². The summed E-state index contributed by atoms with van der Waals surface area (Å²) in [7, 11) is 0. The Morgan fingerprint density at radius 1 is 1.08 bits per heavy atom. The summed E-state index contributed by atoms with van der Waals surface area (Å²) < 4.78 is 16.4. The second-order valence-corrected chi connectivity index (χ2v) is 10.5. The highest BCUT2D eigenvalue weighted by Crippen LogP contribution is 2.34. The fraction of sp³-hybridized carbons (Fsp3) is 0.308. The third-order valence-corrected chi connectivity index (χ3v) is 7.81. The van der Waals surface area contributed by atoms with Gasteiger partial charge in [0.25, 0.3) is 11.5 Å². The Morgan fingerprint density at radius 3 is 2.53 bits per heavy atom. The van der Waals surface area contributed by atoms with Gasteiger partial charge in [-0.1, -0.05) is 49.1 Å². The van der Waals surface area contributed by atoms with Gasteiger partial charge >= 0.3 is 0 Å². The van der Waals surface area contributed by atoms with E-state index in [9.17, 15) is 14.0 Å². The van der Waals surface area contributed by atoms with E-state index >= 15 is 0 Å². The van der Waals surface area contributed by atoms with Gasteiger partial charge < -0.3 is 9.80 Å². The van der Waals surface area contributed by atoms with E-state index in [4.69, 9.17) is 17.2 Å². The second-order valence-electron chi connectivity index (χ2n) is 8.80. The quantitative estimate of drug-likeness (QED) is 0.369. The van der Waals surface area contributed by atoms with Crippen LogP contribution in [0.2, 0.25) is 0 Å². The van der Waals surface area contributed by atoms with Crippen LogP contribution < -0.4 is 15.4 Å². The molecule has 5 rings (SSSR count). The first-order chi connectivity index (χ1) is 17.4. The van der Waals surface area contributed by atoms with Gasteiger partial charge in [0.2, 0.25) is 0 Å². The number of aryl methyl sites for hydroxylation is 1. The summed E-state index contributed by atoms with van der Waals surface area (Å²) in [5.41, 5.74) is 2.14. The smallest absolute Gasteiger partial charge is 0.267 e. The van der Waals surface area contributed by atoms with Crippen molar-refractivity contribution in [1.29, 1.82) is 0 Å². The maximum atomic E-state index is 14.3. The van der Waals surface area contributed by atoms with Crippen LogP contribution in [0.25, 0.3) is 11.7 Å². The number of amides is 1. The monoisotopic (exact) mass is 523 g/mol. The Bertz CT molecular complexity index is 1450. The van der Waals surface area contributed by atoms with Crippen LogP contribution in [0.5, 0.6) is 0 Å². The zero-order valence-corrected chi connectivity index (χ0v) is 21.7. The Labute approximate surface area is 218 Å². The Kier molecular flexibility index (Phi) is 6.81. The number of rotatable bonds is 5. The molecule has 0 saturated carbocycles. The van der Waals surface area contributed by atoms with Crippen LogP contribution in [-0.4, -0.2) is 57.2 Å². The Balaban J connectivity index is 1.55. The number of hydrogen-bond acceptors (Lipinski definition) is 7. The molecule has 0 aliphatic carbocycles. The van der Waals surface area contributed by atoms with Crippen LogP contribution in [0.1, 0.15) is 24.5 Å². The number of thiocarbonyl (C=S) groups is 1. The zero-order chi connectivity index (χ0) is 25.4. The normalized spacial score (nSPS) is 17.6. The highest BCUT2D eigenvalue weighted by molar-refractivity contribution is 8.26. The molecule has 2 aliphatic rings. The van der Waals surface area contributed by atoms with Crippen molar-refractivity contribution in [1.82, 2.24) is 14.3 Å². The second kappa shape index (κ2) is 10.0. The minimum Gasteiger partial charge on any atom is -0.366 e. The lowest BCUT2D eigenvalue weighted by molar-refractivity contribution is -0.122. The molecule has 0 unspecified atom stereocenters. The van der Waals surface area contributed by atoms with Crippen LogP contribution >= 0.6 is 24.0 Å². The molecular weight excluding hydrogens is 497 g/mol. The van der Waals surface area contributed by atoms with Gasteiger partial charge in [-0.2, -0.15) is 0 Å². The molecule has 1 aromatic carbocycles. The highest BCUT2D eigenvalue weighted by Gasteiger charge is 2.32. The molecule has 0 radical (unpaired) electrons. The number of benzene rings is 1. The van der Waals surface area contributed by atoms with E-state index in [1.807, 2.05) is 41.8 Å². The molecule has 0 N–H and O–H groups in total. The molecule has 2 aliphatic heterocycles. The van der Waals surface area contributed by atoms with Crippen LogP contribution in [-0.2, 0) is 4.79 Å². The lowest BCUT2D eigenvalue weighted by Crippen LogP contribution is -2.47. The van der Waals surface area contributed by atoms with E-state index in [0.717, 1.165) is 12.0 Å². The van der Waals surface area contributed by atoms with Crippen molar-refractivity contribution >= 4 is 57.4 Å². The van der Waals surface area contributed by atoms with Gasteiger partial charge in [-0.25, -0.2) is 9.37 Å². The molecule has 36 heavy (non-hydrogen) atoms. The molecule has 2 fully saturated rings. The van der Waals surface area contributed by atoms with Crippen molar-refractivity contribution < 1.29 is 9.18 Å². The summed E-state index contributed by atoms with van der Waals surface area (Å²) in [5.74, 6) is 0.0950. The molecule has 2 saturated heterocycles. The molecule has 3 aromatic rings. The van der Waals surface area contributed by atoms with Gasteiger partial charge in [0.1, 0.15) is 21.6 Å². The van der Waals surface area contributed by atoms with E-state index in [-0.39, 0.29) is 17.3 Å². The molecular formula is C26H26FN5O2S2. The summed E-state index contributed by atoms with van der Waals surface area (Å²) in [6, 6.07) is 10.5. The van der Waals surface area contributed by atoms with Gasteiger partial charge in [0.05, 0.1) is 16.2 Å². The molecule has 186 valence electrons. The minimum absolute atomic E-state index is 0.184. The van der Waals surface area contributed by atoms with Crippen LogP contribution in [0.3, 0.4) is 0 Å². The number of carbonyl (C=O) groups is 1. The highest BCUT2D eigenvalue weighted by atomic mass is 32.2. The molecule has 1 amide bonds. The Hall–Kier alpha value is -3.24. The number of aromatic nitrogens is 2. The van der Waals surface area contributed by atoms with E-state index < -0.39 is 0 Å². The number of nitrogens with zero attached hydrogens (tertiary/aromatic N) is 5. The molecule has 4 heterocycles. The van der Waals surface area contributed by atoms with Crippen molar-refractivity contribution in [3.63, 3.8) is 0 Å². The summed E-state index contributed by atoms with van der Waals surface area (Å²) in [4.78, 5) is 37.7. The van der Waals surface area contributed by atoms with Crippen LogP contribution in [0.4, 0.5) is 15.9 Å². The van der Waals surface area contributed by atoms with Crippen molar-refractivity contribution in [3.05, 3.63) is 74.8 Å². The summed E-state index contributed by atoms with van der Waals surface area (Å²) in [5, 5.41) is 0. The molecule has 0 atom stereocenters. The zero-order valence-electron chi connectivity index (χ0n) is 20.1. The molecule has 7 nitrogen and oxygen atoms in total. The lowest BCUT2D eigenvalue weighted by Gasteiger charge is -2.37. The number of fused-ring (bicyclic) bond motifs is 1. The van der Waals surface area contributed by atoms with Crippen molar-refractivity contribution in [2.75, 3.05) is 42.5 Å². The first-order valence-corrected chi connectivity index (χ1v) is 13.1.